The topological polar surface area (TPSA) is 1260 Å². The third-order valence-electron chi connectivity index (χ3n) is 0. The largest absolute Gasteiger partial charge is 0.412 e. The van der Waals surface area contributed by atoms with E-state index in [0.717, 1.165) is 0 Å². The van der Waals surface area contributed by atoms with Crippen LogP contribution in [0.1, 0.15) is 0 Å². The van der Waals surface area contributed by atoms with Crippen molar-refractivity contribution in [3.05, 3.63) is 0 Å². The summed E-state index contributed by atoms with van der Waals surface area (Å²) in [6, 6.07) is 0. The van der Waals surface area contributed by atoms with Gasteiger partial charge in [-0.1, -0.05) is 0 Å². The molecular formula is H84O40SiW12. The van der Waals surface area contributed by atoms with E-state index in [1.165, 1.54) is 0 Å². The van der Waals surface area contributed by atoms with Crippen LogP contribution in [0.4, 0.5) is 0 Å². The molecule has 0 saturated carbocycles. The molecule has 0 saturated heterocycles. The van der Waals surface area contributed by atoms with Gasteiger partial charge in [-0.15, -0.1) is 0 Å². The summed E-state index contributed by atoms with van der Waals surface area (Å²) in [6.45, 7) is 0. The van der Waals surface area contributed by atoms with E-state index < -0.39 is 0 Å². The van der Waals surface area contributed by atoms with E-state index >= 15 is 0 Å². The van der Waals surface area contributed by atoms with Crippen molar-refractivity contribution in [2.24, 2.45) is 0 Å². The third kappa shape index (κ3) is 4030. The molecule has 0 aromatic heterocycles. The maximum atomic E-state index is 0. The second-order valence-electron chi connectivity index (χ2n) is 0. The smallest absolute Gasteiger partial charge is 0 e. The molecule has 0 aromatic rings. The van der Waals surface area contributed by atoms with Gasteiger partial charge in [0.1, 0.15) is 0 Å². The summed E-state index contributed by atoms with van der Waals surface area (Å²) < 4.78 is 0. The summed E-state index contributed by atoms with van der Waals surface area (Å²) in [7, 11) is 0. The molecule has 80 N–H and O–H groups in total. The van der Waals surface area contributed by atoms with Crippen LogP contribution in [0, 0.1) is 0 Å². The number of rotatable bonds is 0. The van der Waals surface area contributed by atoms with Crippen molar-refractivity contribution in [3.8, 4) is 0 Å². The third-order valence-corrected chi connectivity index (χ3v) is 0. The molecule has 0 bridgehead atoms. The van der Waals surface area contributed by atoms with E-state index in [0.29, 0.717) is 0 Å². The maximum absolute atomic E-state index is 0. The standard InChI is InChI=1S/40H2O.H4Si.12W/h40*1H2;1H4;;;;;;;;;;;;. The summed E-state index contributed by atoms with van der Waals surface area (Å²) in [6.07, 6.45) is 0. The summed E-state index contributed by atoms with van der Waals surface area (Å²) >= 11 is 0. The van der Waals surface area contributed by atoms with E-state index in [4.69, 9.17) is 0 Å². The van der Waals surface area contributed by atoms with Crippen LogP contribution in [0.5, 0.6) is 0 Å². The molecule has 400 valence electrons. The Balaban J connectivity index is 0. The van der Waals surface area contributed by atoms with Gasteiger partial charge >= 0.3 is 0 Å². The van der Waals surface area contributed by atoms with Crippen molar-refractivity contribution >= 4 is 11.0 Å². The Morgan fingerprint density at radius 3 is 0.0566 bits per heavy atom. The fourth-order valence-electron chi connectivity index (χ4n) is 0. The Bertz CT molecular complexity index is 47.7. The molecule has 0 unspecified atom stereocenters. The van der Waals surface area contributed by atoms with Crippen LogP contribution in [-0.2, 0) is 253 Å². The first-order valence-electron chi connectivity index (χ1n) is 0. The van der Waals surface area contributed by atoms with Gasteiger partial charge in [-0.2, -0.15) is 0 Å². The summed E-state index contributed by atoms with van der Waals surface area (Å²) in [5.41, 5.74) is 0. The van der Waals surface area contributed by atoms with Crippen LogP contribution in [0.25, 0.3) is 0 Å². The molecule has 0 rings (SSSR count). The minimum Gasteiger partial charge on any atom is -0.412 e. The molecule has 0 aliphatic rings. The number of hydrogen-bond acceptors (Lipinski definition) is 0. The van der Waals surface area contributed by atoms with Gasteiger partial charge < -0.3 is 219 Å². The molecule has 0 spiro atoms. The van der Waals surface area contributed by atoms with Crippen molar-refractivity contribution < 1.29 is 472 Å². The molecule has 0 atom stereocenters. The fraction of sp³-hybridized carbons (Fsp3) is 0. The average molecular weight is 2960 g/mol. The fourth-order valence-corrected chi connectivity index (χ4v) is 0. The van der Waals surface area contributed by atoms with Crippen molar-refractivity contribution in [2.45, 2.75) is 0 Å². The van der Waals surface area contributed by atoms with Gasteiger partial charge in [0.25, 0.3) is 0 Å². The summed E-state index contributed by atoms with van der Waals surface area (Å²) in [5, 5.41) is 0. The predicted octanol–water partition coefficient (Wildman–Crippen LogP) is -34.5. The monoisotopic (exact) mass is 2960 g/mol. The Labute approximate surface area is 476 Å². The van der Waals surface area contributed by atoms with Crippen LogP contribution in [0.2, 0.25) is 0 Å². The first-order valence-corrected chi connectivity index (χ1v) is 0. The van der Waals surface area contributed by atoms with E-state index in [1.807, 2.05) is 0 Å². The van der Waals surface area contributed by atoms with Crippen LogP contribution in [-0.4, -0.2) is 230 Å². The second kappa shape index (κ2) is 4170. The minimum absolute atomic E-state index is 0. The molecule has 53 heteroatoms. The van der Waals surface area contributed by atoms with Crippen molar-refractivity contribution in [2.75, 3.05) is 0 Å². The second-order valence-corrected chi connectivity index (χ2v) is 0. The van der Waals surface area contributed by atoms with Crippen molar-refractivity contribution in [3.63, 3.8) is 0 Å². The van der Waals surface area contributed by atoms with Gasteiger partial charge in [-0.25, -0.2) is 0 Å². The first-order chi connectivity index (χ1) is 0. The van der Waals surface area contributed by atoms with Crippen LogP contribution in [0.3, 0.4) is 0 Å². The molecule has 0 aromatic carbocycles. The van der Waals surface area contributed by atoms with Crippen LogP contribution in [0.15, 0.2) is 0 Å². The SMILES string of the molecule is O.O.O.O.O.O.O.O.O.O.O.O.O.O.O.O.O.O.O.O.O.O.O.O.O.O.O.O.O.O.O.O.O.O.O.O.O.O.O.O.[SiH4].[W].[W].[W].[W].[W].[W].[W].[W].[W].[W].[W].[W]. The average Bonchev–Trinajstić information content (AvgIpc) is 0. The van der Waals surface area contributed by atoms with Gasteiger partial charge in [-0.3, -0.25) is 0 Å². The van der Waals surface area contributed by atoms with Gasteiger partial charge in [0.05, 0.1) is 0 Å². The molecule has 0 fully saturated rings. The molecule has 0 aliphatic carbocycles. The van der Waals surface area contributed by atoms with Crippen molar-refractivity contribution in [1.82, 2.24) is 0 Å². The van der Waals surface area contributed by atoms with E-state index in [9.17, 15) is 0 Å². The zero-order chi connectivity index (χ0) is 0. The number of hydrogen-bond donors (Lipinski definition) is 0. The minimum atomic E-state index is 0. The molecule has 53 heavy (non-hydrogen) atoms. The summed E-state index contributed by atoms with van der Waals surface area (Å²) in [4.78, 5) is 0. The van der Waals surface area contributed by atoms with E-state index in [1.54, 1.807) is 0 Å². The zero-order valence-corrected chi connectivity index (χ0v) is 60.1. The Morgan fingerprint density at radius 1 is 0.0566 bits per heavy atom. The van der Waals surface area contributed by atoms with Gasteiger partial charge in [-0.05, 0) is 11.0 Å². The Morgan fingerprint density at radius 2 is 0.0566 bits per heavy atom. The van der Waals surface area contributed by atoms with Crippen LogP contribution < -0.4 is 0 Å². The maximum Gasteiger partial charge on any atom is 0 e. The quantitative estimate of drug-likeness (QED) is 0.204. The van der Waals surface area contributed by atoms with E-state index in [2.05, 4.69) is 0 Å². The van der Waals surface area contributed by atoms with Gasteiger partial charge in [0, 0.05) is 253 Å². The van der Waals surface area contributed by atoms with E-state index in [-0.39, 0.29) is 483 Å². The predicted molar refractivity (Wildman–Crippen MR) is 156 cm³/mol. The normalized spacial score (nSPS) is 0. The molecule has 0 amide bonds. The molecule has 40 nitrogen and oxygen atoms in total. The summed E-state index contributed by atoms with van der Waals surface area (Å²) in [5.74, 6) is 0. The van der Waals surface area contributed by atoms with Crippen molar-refractivity contribution in [1.29, 1.82) is 0 Å². The molecular weight excluding hydrogens is 2870 g/mol. The van der Waals surface area contributed by atoms with Gasteiger partial charge in [0.15, 0.2) is 0 Å². The molecule has 0 aliphatic heterocycles. The zero-order valence-electron chi connectivity index (χ0n) is 24.9. The molecule has 0 radical (unpaired) electrons. The van der Waals surface area contributed by atoms with Gasteiger partial charge in [0.2, 0.25) is 0 Å². The molecule has 0 heterocycles. The Hall–Kier alpha value is 6.88. The van der Waals surface area contributed by atoms with Crippen LogP contribution >= 0.6 is 0 Å². The first kappa shape index (κ1) is 4390. The Kier molecular flexibility index (Phi) is 345000.